The van der Waals surface area contributed by atoms with Crippen molar-refractivity contribution in [1.29, 1.82) is 0 Å². The summed E-state index contributed by atoms with van der Waals surface area (Å²) in [4.78, 5) is 74.1. The van der Waals surface area contributed by atoms with Gasteiger partial charge < -0.3 is 25.4 Å². The lowest BCUT2D eigenvalue weighted by molar-refractivity contribution is -0.134. The van der Waals surface area contributed by atoms with Gasteiger partial charge in [0.2, 0.25) is 11.8 Å². The van der Waals surface area contributed by atoms with Gasteiger partial charge in [-0.3, -0.25) is 29.4 Å². The zero-order valence-electron chi connectivity index (χ0n) is 35.4. The van der Waals surface area contributed by atoms with Crippen LogP contribution in [0, 0.1) is 11.6 Å². The number of fused-ring (bicyclic) bond motifs is 1. The van der Waals surface area contributed by atoms with Crippen LogP contribution in [0.1, 0.15) is 64.9 Å². The minimum absolute atomic E-state index is 0.141. The average Bonchev–Trinajstić information content (AvgIpc) is 3.85. The van der Waals surface area contributed by atoms with E-state index in [1.807, 2.05) is 41.8 Å². The summed E-state index contributed by atoms with van der Waals surface area (Å²) in [5, 5.41) is 10.0. The summed E-state index contributed by atoms with van der Waals surface area (Å²) in [6, 6.07) is 18.6. The van der Waals surface area contributed by atoms with Crippen molar-refractivity contribution in [2.45, 2.75) is 51.1 Å². The smallest absolute Gasteiger partial charge is 0.350 e. The number of anilines is 3. The van der Waals surface area contributed by atoms with E-state index in [0.717, 1.165) is 54.3 Å². The van der Waals surface area contributed by atoms with Gasteiger partial charge in [-0.15, -0.1) is 0 Å². The highest BCUT2D eigenvalue weighted by atomic mass is 19.1. The molecule has 4 N–H and O–H groups in total. The van der Waals surface area contributed by atoms with Gasteiger partial charge in [-0.05, 0) is 92.4 Å². The zero-order chi connectivity index (χ0) is 44.8. The maximum Gasteiger partial charge on any atom is 0.350 e. The lowest BCUT2D eigenvalue weighted by Crippen LogP contribution is -2.53. The molecule has 0 saturated carbocycles. The number of hydrogen-bond acceptors (Lipinski definition) is 10. The van der Waals surface area contributed by atoms with E-state index in [2.05, 4.69) is 35.4 Å². The molecule has 0 spiro atoms. The molecule has 1 unspecified atom stereocenters. The van der Waals surface area contributed by atoms with E-state index in [0.29, 0.717) is 67.6 Å². The van der Waals surface area contributed by atoms with E-state index >= 15 is 4.39 Å². The monoisotopic (exact) mass is 871 g/mol. The Morgan fingerprint density at radius 2 is 1.62 bits per heavy atom. The number of benzene rings is 3. The lowest BCUT2D eigenvalue weighted by atomic mass is 9.90. The fourth-order valence-electron chi connectivity index (χ4n) is 9.43. The van der Waals surface area contributed by atoms with Crippen LogP contribution in [0.2, 0.25) is 0 Å². The number of piperidine rings is 2. The third-order valence-electron chi connectivity index (χ3n) is 12.8. The number of carbonyl (C=O) groups excluding carboxylic acids is 4. The molecule has 64 heavy (non-hydrogen) atoms. The number of carbonyl (C=O) groups is 4. The highest BCUT2D eigenvalue weighted by molar-refractivity contribution is 6.12. The predicted molar refractivity (Wildman–Crippen MR) is 237 cm³/mol. The number of primary amides is 1. The van der Waals surface area contributed by atoms with Crippen LogP contribution in [-0.2, 0) is 23.2 Å². The summed E-state index contributed by atoms with van der Waals surface area (Å²) in [5.74, 6) is -3.90. The summed E-state index contributed by atoms with van der Waals surface area (Å²) in [7, 11) is 1.60. The number of nitrogens with one attached hydrogen (secondary N) is 2. The Morgan fingerprint density at radius 3 is 2.31 bits per heavy atom. The average molecular weight is 872 g/mol. The first-order valence-electron chi connectivity index (χ1n) is 21.4. The summed E-state index contributed by atoms with van der Waals surface area (Å²) >= 11 is 0. The van der Waals surface area contributed by atoms with E-state index < -0.39 is 23.5 Å². The van der Waals surface area contributed by atoms with Crippen molar-refractivity contribution in [3.63, 3.8) is 0 Å². The maximum atomic E-state index is 15.5. The van der Waals surface area contributed by atoms with Gasteiger partial charge in [0.1, 0.15) is 18.0 Å². The first-order chi connectivity index (χ1) is 30.9. The zero-order valence-corrected chi connectivity index (χ0v) is 35.4. The van der Waals surface area contributed by atoms with Gasteiger partial charge in [-0.2, -0.15) is 5.10 Å². The molecule has 3 aromatic heterocycles. The van der Waals surface area contributed by atoms with Gasteiger partial charge in [0, 0.05) is 93.8 Å². The minimum atomic E-state index is -0.956. The number of nitrogens with zero attached hydrogens (tertiary/aromatic N) is 8. The molecule has 6 heterocycles. The quantitative estimate of drug-likeness (QED) is 0.165. The van der Waals surface area contributed by atoms with Gasteiger partial charge in [0.25, 0.3) is 11.8 Å². The van der Waals surface area contributed by atoms with Crippen molar-refractivity contribution in [3.8, 4) is 16.9 Å². The van der Waals surface area contributed by atoms with Crippen LogP contribution >= 0.6 is 0 Å². The molecule has 16 nitrogen and oxygen atoms in total. The first kappa shape index (κ1) is 42.1. The normalized spacial score (nSPS) is 17.5. The Kier molecular flexibility index (Phi) is 11.3. The molecule has 3 aliphatic rings. The lowest BCUT2D eigenvalue weighted by Gasteiger charge is -2.44. The van der Waals surface area contributed by atoms with Crippen LogP contribution in [0.3, 0.4) is 0 Å². The Balaban J connectivity index is 0.952. The van der Waals surface area contributed by atoms with Crippen LogP contribution in [-0.4, -0.2) is 97.7 Å². The molecule has 3 aromatic carbocycles. The molecular formula is C46H47F2N11O5. The fraction of sp³-hybridized carbons (Fsp3) is 0.326. The second-order valence-corrected chi connectivity index (χ2v) is 16.4. The second kappa shape index (κ2) is 17.2. The number of hydrogen-bond donors (Lipinski definition) is 3. The Labute approximate surface area is 366 Å². The summed E-state index contributed by atoms with van der Waals surface area (Å²) in [6.07, 6.45) is 5.36. The van der Waals surface area contributed by atoms with Crippen molar-refractivity contribution in [2.24, 2.45) is 12.8 Å². The SMILES string of the molecule is CCn1c(-c2ccc(-n3cnn(C)c3=O)cc2N2CCN(C3CCN(c4ccc(C5CCC(=O)NC5=O)cc4F)CC3)CC2)cc2ccnc(C(=O)Nc3ccc(F)c(C(N)=O)c3)c21. The molecule has 3 saturated heterocycles. The van der Waals surface area contributed by atoms with Crippen LogP contribution in [0.5, 0.6) is 0 Å². The summed E-state index contributed by atoms with van der Waals surface area (Å²) in [6.45, 7) is 6.78. The molecule has 330 valence electrons. The van der Waals surface area contributed by atoms with Crippen molar-refractivity contribution in [3.05, 3.63) is 118 Å². The number of aromatic nitrogens is 5. The molecule has 3 aliphatic heterocycles. The number of amides is 4. The van der Waals surface area contributed by atoms with Crippen LogP contribution in [0.25, 0.3) is 27.8 Å². The Bertz CT molecular complexity index is 2890. The van der Waals surface area contributed by atoms with E-state index in [1.54, 1.807) is 25.4 Å². The molecule has 1 atom stereocenters. The highest BCUT2D eigenvalue weighted by Gasteiger charge is 2.32. The van der Waals surface area contributed by atoms with Crippen molar-refractivity contribution < 1.29 is 28.0 Å². The highest BCUT2D eigenvalue weighted by Crippen LogP contribution is 2.38. The molecule has 0 radical (unpaired) electrons. The van der Waals surface area contributed by atoms with E-state index in [1.165, 1.54) is 33.8 Å². The molecular weight excluding hydrogens is 825 g/mol. The third kappa shape index (κ3) is 7.89. The number of pyridine rings is 1. The molecule has 6 aromatic rings. The van der Waals surface area contributed by atoms with Gasteiger partial charge in [-0.1, -0.05) is 6.07 Å². The van der Waals surface area contributed by atoms with E-state index in [4.69, 9.17) is 5.73 Å². The van der Waals surface area contributed by atoms with Crippen LogP contribution in [0.15, 0.2) is 84.0 Å². The molecule has 3 fully saturated rings. The number of nitrogens with two attached hydrogens (primary N) is 1. The molecule has 4 amide bonds. The number of piperazine rings is 1. The van der Waals surface area contributed by atoms with Gasteiger partial charge in [0.05, 0.1) is 34.1 Å². The standard InChI is InChI=1S/C46H47F2N11O5/c1-3-58-39(23-28-12-15-50-41(42(28)58)45(63)52-29-5-9-35(47)34(24-29)43(49)61)33-7-6-31(59-26-51-54(2)46(59)64)25-38(33)57-20-18-55(19-21-57)30-13-16-56(17-14-30)37-10-4-27(22-36(37)48)32-8-11-40(60)53-44(32)62/h4-7,9-10,12,15,22-26,30,32H,3,8,11,13-14,16-21H2,1-2H3,(H2,49,61)(H,52,63)(H,53,60,62). The van der Waals surface area contributed by atoms with Crippen molar-refractivity contribution in [2.75, 3.05) is 54.4 Å². The van der Waals surface area contributed by atoms with Crippen LogP contribution in [0.4, 0.5) is 25.8 Å². The second-order valence-electron chi connectivity index (χ2n) is 16.4. The Hall–Kier alpha value is -7.21. The number of halogens is 2. The topological polar surface area (TPSA) is 186 Å². The maximum absolute atomic E-state index is 15.5. The Morgan fingerprint density at radius 1 is 0.859 bits per heavy atom. The molecule has 0 aliphatic carbocycles. The van der Waals surface area contributed by atoms with Gasteiger partial charge in [-0.25, -0.2) is 27.8 Å². The fourth-order valence-corrected chi connectivity index (χ4v) is 9.43. The van der Waals surface area contributed by atoms with Crippen molar-refractivity contribution >= 4 is 51.6 Å². The first-order valence-corrected chi connectivity index (χ1v) is 21.4. The number of aryl methyl sites for hydroxylation is 2. The number of imide groups is 1. The summed E-state index contributed by atoms with van der Waals surface area (Å²) < 4.78 is 34.6. The van der Waals surface area contributed by atoms with Crippen LogP contribution < -0.4 is 31.9 Å². The number of rotatable bonds is 10. The summed E-state index contributed by atoms with van der Waals surface area (Å²) in [5.41, 5.74) is 10.0. The minimum Gasteiger partial charge on any atom is -0.369 e. The van der Waals surface area contributed by atoms with Crippen molar-refractivity contribution in [1.82, 2.24) is 34.1 Å². The predicted octanol–water partition coefficient (Wildman–Crippen LogP) is 4.55. The van der Waals surface area contributed by atoms with Gasteiger partial charge in [0.15, 0.2) is 5.69 Å². The van der Waals surface area contributed by atoms with E-state index in [9.17, 15) is 28.4 Å². The molecule has 9 rings (SSSR count). The van der Waals surface area contributed by atoms with E-state index in [-0.39, 0.29) is 46.7 Å². The van der Waals surface area contributed by atoms with Gasteiger partial charge >= 0.3 is 5.69 Å². The molecule has 0 bridgehead atoms. The third-order valence-corrected chi connectivity index (χ3v) is 12.8. The molecule has 18 heteroatoms. The largest absolute Gasteiger partial charge is 0.369 e.